The molecule has 1 amide bonds. The molecule has 1 aliphatic heterocycles. The fourth-order valence-corrected chi connectivity index (χ4v) is 2.64. The summed E-state index contributed by atoms with van der Waals surface area (Å²) in [5, 5.41) is 4.37. The number of ether oxygens (including phenoxy) is 1. The van der Waals surface area contributed by atoms with Crippen LogP contribution in [-0.4, -0.2) is 49.3 Å². The third kappa shape index (κ3) is 3.01. The molecule has 0 N–H and O–H groups in total. The first kappa shape index (κ1) is 14.7. The highest BCUT2D eigenvalue weighted by molar-refractivity contribution is 6.30. The summed E-state index contributed by atoms with van der Waals surface area (Å²) in [5.41, 5.74) is 1.07. The van der Waals surface area contributed by atoms with Crippen molar-refractivity contribution in [3.63, 3.8) is 0 Å². The van der Waals surface area contributed by atoms with Crippen LogP contribution in [0.2, 0.25) is 5.02 Å². The Labute approximate surface area is 133 Å². The van der Waals surface area contributed by atoms with Crippen LogP contribution in [0.15, 0.2) is 34.9 Å². The Hall–Kier alpha value is -2.21. The monoisotopic (exact) mass is 321 g/mol. The maximum Gasteiger partial charge on any atom is 0.292 e. The van der Waals surface area contributed by atoms with Gasteiger partial charge >= 0.3 is 0 Å². The molecule has 0 atom stereocenters. The van der Waals surface area contributed by atoms with E-state index < -0.39 is 0 Å². The summed E-state index contributed by atoms with van der Waals surface area (Å²) in [4.78, 5) is 16.3. The van der Waals surface area contributed by atoms with Gasteiger partial charge in [0.15, 0.2) is 0 Å². The molecule has 1 aromatic carbocycles. The topological polar surface area (TPSA) is 58.8 Å². The van der Waals surface area contributed by atoms with Gasteiger partial charge in [0, 0.05) is 36.9 Å². The number of anilines is 1. The Morgan fingerprint density at radius 2 is 2.05 bits per heavy atom. The number of piperazine rings is 1. The van der Waals surface area contributed by atoms with E-state index in [1.165, 1.54) is 13.2 Å². The minimum Gasteiger partial charge on any atom is -0.479 e. The second-order valence-corrected chi connectivity index (χ2v) is 5.43. The predicted molar refractivity (Wildman–Crippen MR) is 82.6 cm³/mol. The van der Waals surface area contributed by atoms with Crippen LogP contribution in [-0.2, 0) is 0 Å². The Bertz CT molecular complexity index is 666. The molecule has 0 bridgehead atoms. The van der Waals surface area contributed by atoms with Gasteiger partial charge in [0.1, 0.15) is 0 Å². The van der Waals surface area contributed by atoms with Gasteiger partial charge in [-0.1, -0.05) is 17.7 Å². The number of rotatable bonds is 3. The van der Waals surface area contributed by atoms with E-state index in [0.29, 0.717) is 24.0 Å². The quantitative estimate of drug-likeness (QED) is 0.868. The lowest BCUT2D eigenvalue weighted by Crippen LogP contribution is -2.48. The highest BCUT2D eigenvalue weighted by atomic mass is 35.5. The van der Waals surface area contributed by atoms with E-state index in [0.717, 1.165) is 18.8 Å². The lowest BCUT2D eigenvalue weighted by atomic mass is 10.2. The average molecular weight is 322 g/mol. The summed E-state index contributed by atoms with van der Waals surface area (Å²) >= 11 is 6.02. The van der Waals surface area contributed by atoms with Crippen molar-refractivity contribution >= 4 is 23.2 Å². The van der Waals surface area contributed by atoms with E-state index in [4.69, 9.17) is 20.9 Å². The van der Waals surface area contributed by atoms with Gasteiger partial charge in [-0.2, -0.15) is 0 Å². The van der Waals surface area contributed by atoms with E-state index in [1.807, 2.05) is 24.3 Å². The van der Waals surface area contributed by atoms with E-state index in [9.17, 15) is 4.79 Å². The molecule has 0 radical (unpaired) electrons. The zero-order valence-corrected chi connectivity index (χ0v) is 12.9. The fourth-order valence-electron chi connectivity index (χ4n) is 2.45. The van der Waals surface area contributed by atoms with Gasteiger partial charge in [-0.15, -0.1) is 0 Å². The van der Waals surface area contributed by atoms with Crippen LogP contribution in [0, 0.1) is 0 Å². The number of aromatic nitrogens is 1. The van der Waals surface area contributed by atoms with Gasteiger partial charge in [0.25, 0.3) is 11.8 Å². The number of halogens is 1. The van der Waals surface area contributed by atoms with E-state index in [2.05, 4.69) is 10.1 Å². The molecule has 1 aliphatic rings. The number of nitrogens with zero attached hydrogens (tertiary/aromatic N) is 3. The van der Waals surface area contributed by atoms with Crippen LogP contribution < -0.4 is 9.64 Å². The molecule has 3 rings (SSSR count). The summed E-state index contributed by atoms with van der Waals surface area (Å²) in [6, 6.07) is 9.23. The second-order valence-electron chi connectivity index (χ2n) is 4.99. The van der Waals surface area contributed by atoms with Crippen molar-refractivity contribution in [2.75, 3.05) is 38.2 Å². The van der Waals surface area contributed by atoms with Crippen LogP contribution in [0.25, 0.3) is 0 Å². The maximum absolute atomic E-state index is 12.3. The normalized spacial score (nSPS) is 15.0. The molecule has 22 heavy (non-hydrogen) atoms. The SMILES string of the molecule is COc1cc(C(=O)N2CCN(c3cccc(Cl)c3)CC2)on1. The van der Waals surface area contributed by atoms with Gasteiger partial charge < -0.3 is 19.1 Å². The van der Waals surface area contributed by atoms with Crippen molar-refractivity contribution in [3.8, 4) is 5.88 Å². The molecule has 0 unspecified atom stereocenters. The first-order valence-corrected chi connectivity index (χ1v) is 7.35. The Morgan fingerprint density at radius 3 is 2.68 bits per heavy atom. The van der Waals surface area contributed by atoms with Crippen LogP contribution in [0.5, 0.6) is 5.88 Å². The molecule has 6 nitrogen and oxygen atoms in total. The summed E-state index contributed by atoms with van der Waals surface area (Å²) in [6.45, 7) is 2.73. The largest absolute Gasteiger partial charge is 0.479 e. The molecule has 1 aromatic heterocycles. The van der Waals surface area contributed by atoms with Crippen LogP contribution in [0.3, 0.4) is 0 Å². The van der Waals surface area contributed by atoms with E-state index in [1.54, 1.807) is 4.90 Å². The average Bonchev–Trinajstić information content (AvgIpc) is 3.03. The number of hydrogen-bond acceptors (Lipinski definition) is 5. The summed E-state index contributed by atoms with van der Waals surface area (Å²) in [5.74, 6) is 0.343. The molecular weight excluding hydrogens is 306 g/mol. The molecule has 116 valence electrons. The molecule has 2 aromatic rings. The standard InChI is InChI=1S/C15H16ClN3O3/c1-21-14-10-13(22-17-14)15(20)19-7-5-18(6-8-19)12-4-2-3-11(16)9-12/h2-4,9-10H,5-8H2,1H3. The molecule has 0 spiro atoms. The third-order valence-corrected chi connectivity index (χ3v) is 3.88. The Morgan fingerprint density at radius 1 is 1.27 bits per heavy atom. The fraction of sp³-hybridized carbons (Fsp3) is 0.333. The lowest BCUT2D eigenvalue weighted by Gasteiger charge is -2.35. The van der Waals surface area contributed by atoms with Crippen molar-refractivity contribution in [1.82, 2.24) is 10.1 Å². The molecule has 2 heterocycles. The maximum atomic E-state index is 12.3. The highest BCUT2D eigenvalue weighted by Crippen LogP contribution is 2.21. The molecule has 0 aliphatic carbocycles. The summed E-state index contributed by atoms with van der Waals surface area (Å²) in [7, 11) is 1.48. The van der Waals surface area contributed by atoms with E-state index >= 15 is 0 Å². The van der Waals surface area contributed by atoms with Crippen molar-refractivity contribution < 1.29 is 14.1 Å². The van der Waals surface area contributed by atoms with Crippen molar-refractivity contribution in [3.05, 3.63) is 41.1 Å². The summed E-state index contributed by atoms with van der Waals surface area (Å²) in [6.07, 6.45) is 0. The van der Waals surface area contributed by atoms with Crippen LogP contribution >= 0.6 is 11.6 Å². The number of methoxy groups -OCH3 is 1. The van der Waals surface area contributed by atoms with Crippen molar-refractivity contribution in [2.24, 2.45) is 0 Å². The number of benzene rings is 1. The summed E-state index contributed by atoms with van der Waals surface area (Å²) < 4.78 is 9.92. The number of amides is 1. The minimum atomic E-state index is -0.165. The third-order valence-electron chi connectivity index (χ3n) is 3.65. The molecule has 0 saturated carbocycles. The first-order valence-electron chi connectivity index (χ1n) is 6.98. The van der Waals surface area contributed by atoms with Crippen LogP contribution in [0.4, 0.5) is 5.69 Å². The number of carbonyl (C=O) groups is 1. The number of hydrogen-bond donors (Lipinski definition) is 0. The highest BCUT2D eigenvalue weighted by Gasteiger charge is 2.25. The van der Waals surface area contributed by atoms with Gasteiger partial charge in [-0.25, -0.2) is 0 Å². The Balaban J connectivity index is 1.62. The molecule has 7 heteroatoms. The van der Waals surface area contributed by atoms with E-state index in [-0.39, 0.29) is 11.7 Å². The first-order chi connectivity index (χ1) is 10.7. The second kappa shape index (κ2) is 6.27. The van der Waals surface area contributed by atoms with Gasteiger partial charge in [0.2, 0.25) is 5.76 Å². The van der Waals surface area contributed by atoms with Gasteiger partial charge in [-0.05, 0) is 23.4 Å². The molecule has 1 saturated heterocycles. The Kier molecular flexibility index (Phi) is 4.20. The van der Waals surface area contributed by atoms with Gasteiger partial charge in [-0.3, -0.25) is 4.79 Å². The smallest absolute Gasteiger partial charge is 0.292 e. The minimum absolute atomic E-state index is 0.165. The van der Waals surface area contributed by atoms with Crippen LogP contribution in [0.1, 0.15) is 10.6 Å². The molecule has 1 fully saturated rings. The van der Waals surface area contributed by atoms with Crippen molar-refractivity contribution in [2.45, 2.75) is 0 Å². The molecular formula is C15H16ClN3O3. The predicted octanol–water partition coefficient (Wildman–Crippen LogP) is 2.30. The van der Waals surface area contributed by atoms with Gasteiger partial charge in [0.05, 0.1) is 13.2 Å². The number of carbonyl (C=O) groups excluding carboxylic acids is 1. The zero-order chi connectivity index (χ0) is 15.5. The van der Waals surface area contributed by atoms with Crippen molar-refractivity contribution in [1.29, 1.82) is 0 Å². The zero-order valence-electron chi connectivity index (χ0n) is 12.2. The lowest BCUT2D eigenvalue weighted by molar-refractivity contribution is 0.0704.